The van der Waals surface area contributed by atoms with Gasteiger partial charge >= 0.3 is 5.97 Å². The van der Waals surface area contributed by atoms with Crippen molar-refractivity contribution in [3.05, 3.63) is 89.0 Å². The van der Waals surface area contributed by atoms with E-state index in [1.165, 1.54) is 12.5 Å². The van der Waals surface area contributed by atoms with Crippen molar-refractivity contribution >= 4 is 40.9 Å². The Labute approximate surface area is 224 Å². The molecule has 0 atom stereocenters. The standard InChI is InChI=1S/C31H33ClN2O3/c1-33(2)28-15-13-25(14-16-28)24-11-8-22(9-12-24)21-34(31(37)26-6-4-3-5-7-26)29-19-23(10-17-30(35)36)18-27(32)20-29/h8-20,26H,3-7,21H2,1-2H3,(H,35,36). The van der Waals surface area contributed by atoms with Gasteiger partial charge in [0.15, 0.2) is 0 Å². The minimum Gasteiger partial charge on any atom is -0.478 e. The van der Waals surface area contributed by atoms with Gasteiger partial charge in [-0.3, -0.25) is 4.79 Å². The Bertz CT molecular complexity index is 1260. The van der Waals surface area contributed by atoms with Crippen molar-refractivity contribution in [1.29, 1.82) is 0 Å². The smallest absolute Gasteiger partial charge is 0.328 e. The number of halogens is 1. The van der Waals surface area contributed by atoms with Crippen LogP contribution in [0, 0.1) is 5.92 Å². The molecule has 0 saturated heterocycles. The molecule has 0 aromatic heterocycles. The van der Waals surface area contributed by atoms with E-state index in [1.54, 1.807) is 17.0 Å². The minimum absolute atomic E-state index is 0.0137. The van der Waals surface area contributed by atoms with Crippen molar-refractivity contribution in [2.45, 2.75) is 38.6 Å². The Morgan fingerprint density at radius 2 is 1.51 bits per heavy atom. The molecule has 0 unspecified atom stereocenters. The Morgan fingerprint density at radius 3 is 2.11 bits per heavy atom. The van der Waals surface area contributed by atoms with Gasteiger partial charge in [0.05, 0.1) is 6.54 Å². The number of hydrogen-bond donors (Lipinski definition) is 1. The number of carboxylic acid groups (broad SMARTS) is 1. The van der Waals surface area contributed by atoms with Crippen LogP contribution in [0.3, 0.4) is 0 Å². The van der Waals surface area contributed by atoms with Crippen LogP contribution >= 0.6 is 11.6 Å². The molecule has 0 spiro atoms. The number of rotatable bonds is 8. The third kappa shape index (κ3) is 7.01. The van der Waals surface area contributed by atoms with Crippen LogP contribution in [0.1, 0.15) is 43.2 Å². The van der Waals surface area contributed by atoms with Crippen LogP contribution in [-0.4, -0.2) is 31.1 Å². The van der Waals surface area contributed by atoms with Crippen LogP contribution < -0.4 is 9.80 Å². The van der Waals surface area contributed by atoms with Crippen molar-refractivity contribution in [3.8, 4) is 11.1 Å². The Balaban J connectivity index is 1.62. The van der Waals surface area contributed by atoms with Gasteiger partial charge in [-0.2, -0.15) is 0 Å². The van der Waals surface area contributed by atoms with Gasteiger partial charge in [-0.1, -0.05) is 67.3 Å². The highest BCUT2D eigenvalue weighted by Crippen LogP contribution is 2.31. The summed E-state index contributed by atoms with van der Waals surface area (Å²) in [4.78, 5) is 28.6. The maximum absolute atomic E-state index is 13.7. The molecule has 3 aromatic rings. The van der Waals surface area contributed by atoms with Crippen molar-refractivity contribution in [2.75, 3.05) is 23.9 Å². The number of amides is 1. The second kappa shape index (κ2) is 12.1. The summed E-state index contributed by atoms with van der Waals surface area (Å²) < 4.78 is 0. The van der Waals surface area contributed by atoms with Crippen LogP contribution in [-0.2, 0) is 16.1 Å². The summed E-state index contributed by atoms with van der Waals surface area (Å²) in [5.74, 6) is -0.952. The van der Waals surface area contributed by atoms with E-state index < -0.39 is 5.97 Å². The predicted octanol–water partition coefficient (Wildman–Crippen LogP) is 7.28. The lowest BCUT2D eigenvalue weighted by atomic mass is 9.88. The van der Waals surface area contributed by atoms with E-state index in [4.69, 9.17) is 16.7 Å². The summed E-state index contributed by atoms with van der Waals surface area (Å²) in [6.07, 6.45) is 7.65. The summed E-state index contributed by atoms with van der Waals surface area (Å²) in [6.45, 7) is 0.414. The summed E-state index contributed by atoms with van der Waals surface area (Å²) in [6, 6.07) is 22.0. The van der Waals surface area contributed by atoms with Crippen LogP contribution in [0.2, 0.25) is 5.02 Å². The summed E-state index contributed by atoms with van der Waals surface area (Å²) >= 11 is 6.40. The summed E-state index contributed by atoms with van der Waals surface area (Å²) in [5, 5.41) is 9.49. The maximum atomic E-state index is 13.7. The lowest BCUT2D eigenvalue weighted by Gasteiger charge is -2.30. The topological polar surface area (TPSA) is 60.9 Å². The quantitative estimate of drug-likeness (QED) is 0.319. The van der Waals surface area contributed by atoms with E-state index in [9.17, 15) is 9.59 Å². The average Bonchev–Trinajstić information content (AvgIpc) is 2.91. The summed E-state index contributed by atoms with van der Waals surface area (Å²) in [7, 11) is 4.05. The van der Waals surface area contributed by atoms with Crippen LogP contribution in [0.5, 0.6) is 0 Å². The van der Waals surface area contributed by atoms with Crippen molar-refractivity contribution in [2.24, 2.45) is 5.92 Å². The number of nitrogens with zero attached hydrogens (tertiary/aromatic N) is 2. The number of carbonyl (C=O) groups excluding carboxylic acids is 1. The van der Waals surface area contributed by atoms with E-state index in [1.807, 2.05) is 20.2 Å². The lowest BCUT2D eigenvalue weighted by Crippen LogP contribution is -2.36. The molecule has 1 amide bonds. The number of carbonyl (C=O) groups is 2. The second-order valence-corrected chi connectivity index (χ2v) is 10.2. The van der Waals surface area contributed by atoms with Gasteiger partial charge in [-0.15, -0.1) is 0 Å². The van der Waals surface area contributed by atoms with Crippen molar-refractivity contribution < 1.29 is 14.7 Å². The third-order valence-electron chi connectivity index (χ3n) is 6.87. The molecule has 1 fully saturated rings. The first-order valence-electron chi connectivity index (χ1n) is 12.7. The molecule has 1 saturated carbocycles. The number of aliphatic carboxylic acids is 1. The number of carboxylic acids is 1. The number of anilines is 2. The van der Waals surface area contributed by atoms with Crippen molar-refractivity contribution in [1.82, 2.24) is 0 Å². The van der Waals surface area contributed by atoms with Crippen LogP contribution in [0.25, 0.3) is 17.2 Å². The number of benzene rings is 3. The van der Waals surface area contributed by atoms with E-state index in [0.717, 1.165) is 54.1 Å². The van der Waals surface area contributed by atoms with E-state index >= 15 is 0 Å². The zero-order valence-corrected chi connectivity index (χ0v) is 22.1. The van der Waals surface area contributed by atoms with E-state index in [-0.39, 0.29) is 11.8 Å². The Hall–Kier alpha value is -3.57. The van der Waals surface area contributed by atoms with Gasteiger partial charge in [-0.05, 0) is 71.5 Å². The van der Waals surface area contributed by atoms with Crippen LogP contribution in [0.4, 0.5) is 11.4 Å². The monoisotopic (exact) mass is 516 g/mol. The molecule has 0 radical (unpaired) electrons. The molecule has 0 heterocycles. The molecule has 1 aliphatic carbocycles. The van der Waals surface area contributed by atoms with Gasteiger partial charge < -0.3 is 14.9 Å². The fourth-order valence-electron chi connectivity index (χ4n) is 4.82. The Morgan fingerprint density at radius 1 is 0.892 bits per heavy atom. The second-order valence-electron chi connectivity index (χ2n) is 9.81. The molecule has 1 N–H and O–H groups in total. The molecule has 3 aromatic carbocycles. The lowest BCUT2D eigenvalue weighted by molar-refractivity contribution is -0.131. The fourth-order valence-corrected chi connectivity index (χ4v) is 5.06. The van der Waals surface area contributed by atoms with E-state index in [0.29, 0.717) is 22.8 Å². The maximum Gasteiger partial charge on any atom is 0.328 e. The predicted molar refractivity (Wildman–Crippen MR) is 152 cm³/mol. The van der Waals surface area contributed by atoms with Gasteiger partial charge in [0.2, 0.25) is 5.91 Å². The molecular weight excluding hydrogens is 484 g/mol. The highest BCUT2D eigenvalue weighted by Gasteiger charge is 2.27. The fraction of sp³-hybridized carbons (Fsp3) is 0.290. The first-order valence-corrected chi connectivity index (χ1v) is 13.1. The highest BCUT2D eigenvalue weighted by atomic mass is 35.5. The third-order valence-corrected chi connectivity index (χ3v) is 7.09. The molecule has 6 heteroatoms. The molecule has 0 aliphatic heterocycles. The van der Waals surface area contributed by atoms with E-state index in [2.05, 4.69) is 53.4 Å². The highest BCUT2D eigenvalue weighted by molar-refractivity contribution is 6.31. The SMILES string of the molecule is CN(C)c1ccc(-c2ccc(CN(C(=O)C3CCCCC3)c3cc(Cl)cc(C=CC(=O)O)c3)cc2)cc1. The molecule has 1 aliphatic rings. The molecule has 192 valence electrons. The largest absolute Gasteiger partial charge is 0.478 e. The van der Waals surface area contributed by atoms with Crippen LogP contribution in [0.15, 0.2) is 72.8 Å². The summed E-state index contributed by atoms with van der Waals surface area (Å²) in [5.41, 5.74) is 5.73. The minimum atomic E-state index is -1.03. The molecule has 5 nitrogen and oxygen atoms in total. The first-order chi connectivity index (χ1) is 17.8. The molecule has 37 heavy (non-hydrogen) atoms. The zero-order valence-electron chi connectivity index (χ0n) is 21.4. The van der Waals surface area contributed by atoms with Crippen molar-refractivity contribution in [3.63, 3.8) is 0 Å². The zero-order chi connectivity index (χ0) is 26.4. The first kappa shape index (κ1) is 26.5. The molecular formula is C31H33ClN2O3. The van der Waals surface area contributed by atoms with Gasteiger partial charge in [0.25, 0.3) is 0 Å². The molecule has 4 rings (SSSR count). The number of hydrogen-bond acceptors (Lipinski definition) is 3. The van der Waals surface area contributed by atoms with Gasteiger partial charge in [0.1, 0.15) is 0 Å². The van der Waals surface area contributed by atoms with Gasteiger partial charge in [0, 0.05) is 42.5 Å². The van der Waals surface area contributed by atoms with Gasteiger partial charge in [-0.25, -0.2) is 4.79 Å². The Kier molecular flexibility index (Phi) is 8.67. The molecule has 0 bridgehead atoms. The normalized spacial score (nSPS) is 14.0. The average molecular weight is 517 g/mol.